The number of nitrogens with zero attached hydrogens (tertiary/aromatic N) is 2. The third-order valence-electron chi connectivity index (χ3n) is 5.89. The van der Waals surface area contributed by atoms with E-state index in [9.17, 15) is 0 Å². The van der Waals surface area contributed by atoms with Crippen LogP contribution >= 0.6 is 0 Å². The summed E-state index contributed by atoms with van der Waals surface area (Å²) in [5, 5.41) is 7.01. The summed E-state index contributed by atoms with van der Waals surface area (Å²) in [5.41, 5.74) is 2.38. The maximum Gasteiger partial charge on any atom is 0.191 e. The molecule has 0 bridgehead atoms. The fourth-order valence-electron chi connectivity index (χ4n) is 4.10. The zero-order valence-corrected chi connectivity index (χ0v) is 19.7. The third kappa shape index (κ3) is 6.53. The summed E-state index contributed by atoms with van der Waals surface area (Å²) in [7, 11) is 6.78. The Balaban J connectivity index is 1.47. The van der Waals surface area contributed by atoms with Crippen molar-refractivity contribution in [2.45, 2.75) is 31.8 Å². The van der Waals surface area contributed by atoms with E-state index in [1.165, 1.54) is 5.56 Å². The number of benzene rings is 2. The highest BCUT2D eigenvalue weighted by Gasteiger charge is 2.20. The van der Waals surface area contributed by atoms with Gasteiger partial charge < -0.3 is 24.8 Å². The molecular formula is C25H36N4O3. The Morgan fingerprint density at radius 1 is 1.00 bits per heavy atom. The van der Waals surface area contributed by atoms with Gasteiger partial charge in [0.15, 0.2) is 5.96 Å². The molecule has 7 heteroatoms. The van der Waals surface area contributed by atoms with E-state index in [0.29, 0.717) is 18.3 Å². The van der Waals surface area contributed by atoms with Crippen LogP contribution in [0.4, 0.5) is 0 Å². The number of piperidine rings is 1. The summed E-state index contributed by atoms with van der Waals surface area (Å²) in [5.74, 6) is 3.07. The molecule has 1 saturated heterocycles. The van der Waals surface area contributed by atoms with Crippen LogP contribution in [0.15, 0.2) is 47.5 Å². The lowest BCUT2D eigenvalue weighted by atomic mass is 10.0. The predicted octanol–water partition coefficient (Wildman–Crippen LogP) is 3.08. The average molecular weight is 441 g/mol. The van der Waals surface area contributed by atoms with E-state index in [4.69, 9.17) is 14.2 Å². The van der Waals surface area contributed by atoms with Gasteiger partial charge >= 0.3 is 0 Å². The highest BCUT2D eigenvalue weighted by molar-refractivity contribution is 5.80. The lowest BCUT2D eigenvalue weighted by molar-refractivity contribution is 0.198. The van der Waals surface area contributed by atoms with E-state index < -0.39 is 0 Å². The van der Waals surface area contributed by atoms with Crippen LogP contribution in [0.25, 0.3) is 0 Å². The van der Waals surface area contributed by atoms with Crippen molar-refractivity contribution < 1.29 is 14.2 Å². The topological polar surface area (TPSA) is 67.4 Å². The second kappa shape index (κ2) is 12.2. The zero-order chi connectivity index (χ0) is 22.8. The first-order chi connectivity index (χ1) is 15.7. The molecule has 0 unspecified atom stereocenters. The van der Waals surface area contributed by atoms with Gasteiger partial charge in [0.2, 0.25) is 0 Å². The van der Waals surface area contributed by atoms with Crippen LogP contribution in [-0.2, 0) is 13.0 Å². The van der Waals surface area contributed by atoms with Crippen molar-refractivity contribution >= 4 is 5.96 Å². The minimum Gasteiger partial charge on any atom is -0.496 e. The Kier molecular flexibility index (Phi) is 9.04. The molecule has 2 aromatic rings. The molecule has 32 heavy (non-hydrogen) atoms. The van der Waals surface area contributed by atoms with Crippen LogP contribution in [0.2, 0.25) is 0 Å². The second-order valence-corrected chi connectivity index (χ2v) is 7.94. The fourth-order valence-corrected chi connectivity index (χ4v) is 4.10. The largest absolute Gasteiger partial charge is 0.496 e. The fraction of sp³-hybridized carbons (Fsp3) is 0.480. The van der Waals surface area contributed by atoms with E-state index in [1.807, 2.05) is 19.2 Å². The summed E-state index contributed by atoms with van der Waals surface area (Å²) in [6.45, 7) is 3.91. The zero-order valence-electron chi connectivity index (χ0n) is 19.7. The summed E-state index contributed by atoms with van der Waals surface area (Å²) in [4.78, 5) is 6.93. The lowest BCUT2D eigenvalue weighted by Crippen LogP contribution is -2.48. The lowest BCUT2D eigenvalue weighted by Gasteiger charge is -2.33. The first-order valence-corrected chi connectivity index (χ1v) is 11.2. The highest BCUT2D eigenvalue weighted by atomic mass is 16.5. The molecule has 3 rings (SSSR count). The average Bonchev–Trinajstić information content (AvgIpc) is 2.84. The van der Waals surface area contributed by atoms with E-state index in [0.717, 1.165) is 61.9 Å². The molecule has 0 amide bonds. The number of nitrogens with one attached hydrogen (secondary N) is 2. The number of methoxy groups -OCH3 is 3. The van der Waals surface area contributed by atoms with E-state index in [1.54, 1.807) is 21.3 Å². The Hall–Kier alpha value is -2.93. The maximum atomic E-state index is 5.55. The van der Waals surface area contributed by atoms with Crippen molar-refractivity contribution in [2.24, 2.45) is 4.99 Å². The monoisotopic (exact) mass is 440 g/mol. The number of likely N-dealkylation sites (tertiary alicyclic amines) is 1. The third-order valence-corrected chi connectivity index (χ3v) is 5.89. The van der Waals surface area contributed by atoms with Crippen molar-refractivity contribution in [3.05, 3.63) is 53.6 Å². The number of hydrogen-bond donors (Lipinski definition) is 2. The normalized spacial score (nSPS) is 15.3. The van der Waals surface area contributed by atoms with Crippen LogP contribution in [0.5, 0.6) is 17.2 Å². The van der Waals surface area contributed by atoms with Gasteiger partial charge in [-0.25, -0.2) is 0 Å². The number of hydrogen-bond acceptors (Lipinski definition) is 5. The molecule has 0 saturated carbocycles. The molecule has 1 aliphatic heterocycles. The summed E-state index contributed by atoms with van der Waals surface area (Å²) >= 11 is 0. The predicted molar refractivity (Wildman–Crippen MR) is 129 cm³/mol. The van der Waals surface area contributed by atoms with Gasteiger partial charge in [-0.3, -0.25) is 9.89 Å². The summed E-state index contributed by atoms with van der Waals surface area (Å²) in [6.07, 6.45) is 2.95. The molecule has 0 spiro atoms. The van der Waals surface area contributed by atoms with Gasteiger partial charge in [-0.15, -0.1) is 0 Å². The molecule has 174 valence electrons. The van der Waals surface area contributed by atoms with Crippen molar-refractivity contribution in [3.8, 4) is 17.2 Å². The van der Waals surface area contributed by atoms with Crippen LogP contribution in [0.1, 0.15) is 24.0 Å². The minimum absolute atomic E-state index is 0.429. The van der Waals surface area contributed by atoms with Crippen LogP contribution in [-0.4, -0.2) is 64.9 Å². The van der Waals surface area contributed by atoms with Gasteiger partial charge in [0.1, 0.15) is 17.2 Å². The standard InChI is InChI=1S/C25H36N4O3/c1-26-25(27-13-10-22-23(31-3)16-21(30-2)17-24(22)32-4)28-20-11-14-29(15-12-20)18-19-8-6-5-7-9-19/h5-9,16-17,20H,10-15,18H2,1-4H3,(H2,26,27,28). The van der Waals surface area contributed by atoms with Gasteiger partial charge in [0, 0.05) is 57.0 Å². The van der Waals surface area contributed by atoms with E-state index in [-0.39, 0.29) is 0 Å². The number of guanidine groups is 1. The minimum atomic E-state index is 0.429. The van der Waals surface area contributed by atoms with Gasteiger partial charge in [-0.1, -0.05) is 30.3 Å². The first-order valence-electron chi connectivity index (χ1n) is 11.2. The summed E-state index contributed by atoms with van der Waals surface area (Å²) in [6, 6.07) is 14.9. The number of aliphatic imine (C=N–C) groups is 1. The van der Waals surface area contributed by atoms with Gasteiger partial charge in [0.25, 0.3) is 0 Å². The van der Waals surface area contributed by atoms with Crippen LogP contribution in [0, 0.1) is 0 Å². The Morgan fingerprint density at radius 2 is 1.66 bits per heavy atom. The Morgan fingerprint density at radius 3 is 2.22 bits per heavy atom. The van der Waals surface area contributed by atoms with Crippen molar-refractivity contribution in [2.75, 3.05) is 48.0 Å². The van der Waals surface area contributed by atoms with Crippen LogP contribution in [0.3, 0.4) is 0 Å². The van der Waals surface area contributed by atoms with Crippen molar-refractivity contribution in [1.29, 1.82) is 0 Å². The molecule has 2 aromatic carbocycles. The first kappa shape index (κ1) is 23.7. The smallest absolute Gasteiger partial charge is 0.191 e. The van der Waals surface area contributed by atoms with Crippen molar-refractivity contribution in [1.82, 2.24) is 15.5 Å². The molecular weight excluding hydrogens is 404 g/mol. The summed E-state index contributed by atoms with van der Waals surface area (Å²) < 4.78 is 16.4. The molecule has 1 aliphatic rings. The van der Waals surface area contributed by atoms with Gasteiger partial charge in [0.05, 0.1) is 21.3 Å². The molecule has 0 aliphatic carbocycles. The molecule has 0 atom stereocenters. The molecule has 0 aromatic heterocycles. The number of ether oxygens (including phenoxy) is 3. The van der Waals surface area contributed by atoms with E-state index >= 15 is 0 Å². The molecule has 1 heterocycles. The SMILES string of the molecule is CN=C(NCCc1c(OC)cc(OC)cc1OC)NC1CCN(Cc2ccccc2)CC1. The molecule has 2 N–H and O–H groups in total. The Labute approximate surface area is 191 Å². The number of rotatable bonds is 9. The van der Waals surface area contributed by atoms with Crippen LogP contribution < -0.4 is 24.8 Å². The Bertz CT molecular complexity index is 840. The van der Waals surface area contributed by atoms with E-state index in [2.05, 4.69) is 50.9 Å². The second-order valence-electron chi connectivity index (χ2n) is 7.94. The quantitative estimate of drug-likeness (QED) is 0.461. The highest BCUT2D eigenvalue weighted by Crippen LogP contribution is 2.34. The molecule has 0 radical (unpaired) electrons. The van der Waals surface area contributed by atoms with Gasteiger partial charge in [-0.2, -0.15) is 0 Å². The molecule has 1 fully saturated rings. The van der Waals surface area contributed by atoms with Gasteiger partial charge in [-0.05, 0) is 24.8 Å². The van der Waals surface area contributed by atoms with Crippen molar-refractivity contribution in [3.63, 3.8) is 0 Å². The maximum absolute atomic E-state index is 5.55. The molecule has 7 nitrogen and oxygen atoms in total.